The molecule has 0 fully saturated rings. The number of rotatable bonds is 1. The second kappa shape index (κ2) is 2.90. The molecule has 0 aliphatic rings. The van der Waals surface area contributed by atoms with E-state index in [0.29, 0.717) is 9.76 Å². The third kappa shape index (κ3) is 1.34. The van der Waals surface area contributed by atoms with Gasteiger partial charge in [0.2, 0.25) is 0 Å². The van der Waals surface area contributed by atoms with Crippen molar-refractivity contribution in [2.45, 2.75) is 0 Å². The van der Waals surface area contributed by atoms with E-state index in [4.69, 9.17) is 30.2 Å². The molecular weight excluding hydrogens is 204 g/mol. The molecule has 66 valence electrons. The predicted octanol–water partition coefficient (Wildman–Crippen LogP) is 1.03. The second-order valence-corrected chi connectivity index (χ2v) is 3.37. The highest BCUT2D eigenvalue weighted by Gasteiger charge is 2.00. The van der Waals surface area contributed by atoms with Gasteiger partial charge in [0.05, 0.1) is 0 Å². The first kappa shape index (κ1) is 8.33. The highest BCUT2D eigenvalue weighted by molar-refractivity contribution is 7.80. The Kier molecular flexibility index (Phi) is 1.86. The zero-order valence-electron chi connectivity index (χ0n) is 6.52. The fraction of sp³-hybridized carbons (Fsp3) is 0. The predicted molar refractivity (Wildman–Crippen MR) is 56.3 cm³/mol. The van der Waals surface area contributed by atoms with E-state index in [2.05, 4.69) is 10.2 Å². The molecule has 2 heterocycles. The van der Waals surface area contributed by atoms with Gasteiger partial charge in [-0.2, -0.15) is 5.10 Å². The van der Waals surface area contributed by atoms with Crippen LogP contribution in [0, 0.1) is 4.77 Å². The Morgan fingerprint density at radius 3 is 3.00 bits per heavy atom. The van der Waals surface area contributed by atoms with Crippen LogP contribution in [0.25, 0.3) is 5.65 Å². The lowest BCUT2D eigenvalue weighted by Crippen LogP contribution is -2.09. The molecule has 0 bridgehead atoms. The SMILES string of the molecule is NC(=S)c1ccc2n[nH]c(=S)n2c1. The molecule has 2 aromatic rings. The molecule has 0 saturated carbocycles. The third-order valence-corrected chi connectivity index (χ3v) is 2.22. The van der Waals surface area contributed by atoms with E-state index in [1.165, 1.54) is 0 Å². The van der Waals surface area contributed by atoms with E-state index < -0.39 is 0 Å². The minimum atomic E-state index is 0.352. The van der Waals surface area contributed by atoms with E-state index in [0.717, 1.165) is 11.2 Å². The number of aromatic nitrogens is 3. The second-order valence-electron chi connectivity index (χ2n) is 2.54. The lowest BCUT2D eigenvalue weighted by Gasteiger charge is -1.97. The van der Waals surface area contributed by atoms with Crippen molar-refractivity contribution in [1.29, 1.82) is 0 Å². The quantitative estimate of drug-likeness (QED) is 0.690. The van der Waals surface area contributed by atoms with Gasteiger partial charge in [0, 0.05) is 11.8 Å². The summed E-state index contributed by atoms with van der Waals surface area (Å²) >= 11 is 9.84. The first-order valence-electron chi connectivity index (χ1n) is 3.55. The standard InChI is InChI=1S/C7H6N4S2/c8-6(12)4-1-2-5-9-10-7(13)11(5)3-4/h1-3H,(H2,8,12)(H,10,13). The molecule has 3 N–H and O–H groups in total. The maximum Gasteiger partial charge on any atom is 0.199 e. The molecule has 0 aliphatic carbocycles. The topological polar surface area (TPSA) is 59.1 Å². The van der Waals surface area contributed by atoms with Crippen LogP contribution < -0.4 is 5.73 Å². The van der Waals surface area contributed by atoms with Crippen molar-refractivity contribution in [3.63, 3.8) is 0 Å². The van der Waals surface area contributed by atoms with Crippen LogP contribution in [0.1, 0.15) is 5.56 Å². The summed E-state index contributed by atoms with van der Waals surface area (Å²) in [7, 11) is 0. The zero-order chi connectivity index (χ0) is 9.42. The average molecular weight is 210 g/mol. The lowest BCUT2D eigenvalue weighted by atomic mass is 10.3. The zero-order valence-corrected chi connectivity index (χ0v) is 8.15. The van der Waals surface area contributed by atoms with Crippen molar-refractivity contribution >= 4 is 35.1 Å². The molecule has 0 amide bonds. The molecule has 4 nitrogen and oxygen atoms in total. The Bertz CT molecular complexity index is 525. The normalized spacial score (nSPS) is 10.5. The summed E-state index contributed by atoms with van der Waals surface area (Å²) in [4.78, 5) is 0.352. The van der Waals surface area contributed by atoms with Crippen LogP contribution in [-0.4, -0.2) is 19.6 Å². The van der Waals surface area contributed by atoms with E-state index in [1.807, 2.05) is 6.07 Å². The molecule has 2 aromatic heterocycles. The van der Waals surface area contributed by atoms with Crippen molar-refractivity contribution in [2.24, 2.45) is 5.73 Å². The molecule has 2 rings (SSSR count). The van der Waals surface area contributed by atoms with E-state index in [9.17, 15) is 0 Å². The van der Waals surface area contributed by atoms with Gasteiger partial charge in [-0.1, -0.05) is 12.2 Å². The van der Waals surface area contributed by atoms with Crippen LogP contribution in [0.5, 0.6) is 0 Å². The maximum absolute atomic E-state index is 5.48. The van der Waals surface area contributed by atoms with E-state index >= 15 is 0 Å². The van der Waals surface area contributed by atoms with E-state index in [-0.39, 0.29) is 0 Å². The van der Waals surface area contributed by atoms with Gasteiger partial charge in [0.25, 0.3) is 0 Å². The van der Waals surface area contributed by atoms with Crippen LogP contribution in [-0.2, 0) is 0 Å². The number of hydrogen-bond donors (Lipinski definition) is 2. The first-order chi connectivity index (χ1) is 6.18. The molecule has 6 heteroatoms. The summed E-state index contributed by atoms with van der Waals surface area (Å²) in [6, 6.07) is 3.62. The summed E-state index contributed by atoms with van der Waals surface area (Å²) in [6.45, 7) is 0. The van der Waals surface area contributed by atoms with Crippen molar-refractivity contribution in [1.82, 2.24) is 14.6 Å². The summed E-state index contributed by atoms with van der Waals surface area (Å²) in [6.07, 6.45) is 1.77. The molecular formula is C7H6N4S2. The summed E-state index contributed by atoms with van der Waals surface area (Å²) < 4.78 is 2.26. The van der Waals surface area contributed by atoms with Crippen molar-refractivity contribution in [3.05, 3.63) is 28.7 Å². The molecule has 0 spiro atoms. The molecule has 0 radical (unpaired) electrons. The molecule has 0 aliphatic heterocycles. The molecule has 0 saturated heterocycles. The van der Waals surface area contributed by atoms with Crippen LogP contribution in [0.2, 0.25) is 0 Å². The number of aromatic amines is 1. The number of pyridine rings is 1. The number of H-pyrrole nitrogens is 1. The fourth-order valence-electron chi connectivity index (χ4n) is 1.05. The Labute approximate surface area is 84.4 Å². The summed E-state index contributed by atoms with van der Waals surface area (Å²) in [5.41, 5.74) is 7.01. The summed E-state index contributed by atoms with van der Waals surface area (Å²) in [5, 5.41) is 6.65. The van der Waals surface area contributed by atoms with Gasteiger partial charge in [0.15, 0.2) is 10.4 Å². The molecule has 13 heavy (non-hydrogen) atoms. The van der Waals surface area contributed by atoms with Crippen molar-refractivity contribution < 1.29 is 0 Å². The van der Waals surface area contributed by atoms with Gasteiger partial charge in [-0.15, -0.1) is 0 Å². The highest BCUT2D eigenvalue weighted by atomic mass is 32.1. The molecule has 0 aromatic carbocycles. The third-order valence-electron chi connectivity index (χ3n) is 1.70. The van der Waals surface area contributed by atoms with Gasteiger partial charge in [0.1, 0.15) is 4.99 Å². The van der Waals surface area contributed by atoms with Gasteiger partial charge >= 0.3 is 0 Å². The summed E-state index contributed by atoms with van der Waals surface area (Å²) in [5.74, 6) is 0. The average Bonchev–Trinajstić information content (AvgIpc) is 2.47. The Balaban J connectivity index is 2.80. The molecule has 0 atom stereocenters. The monoisotopic (exact) mass is 210 g/mol. The number of fused-ring (bicyclic) bond motifs is 1. The molecule has 0 unspecified atom stereocenters. The number of hydrogen-bond acceptors (Lipinski definition) is 3. The van der Waals surface area contributed by atoms with Crippen molar-refractivity contribution in [2.75, 3.05) is 0 Å². The Hall–Kier alpha value is -1.27. The number of nitrogens with one attached hydrogen (secondary N) is 1. The largest absolute Gasteiger partial charge is 0.389 e. The number of thiocarbonyl (C=S) groups is 1. The van der Waals surface area contributed by atoms with E-state index in [1.54, 1.807) is 16.7 Å². The van der Waals surface area contributed by atoms with Gasteiger partial charge in [-0.25, -0.2) is 0 Å². The highest BCUT2D eigenvalue weighted by Crippen LogP contribution is 2.04. The minimum absolute atomic E-state index is 0.352. The number of nitrogens with two attached hydrogens (primary N) is 1. The van der Waals surface area contributed by atoms with Gasteiger partial charge in [-0.3, -0.25) is 9.50 Å². The fourth-order valence-corrected chi connectivity index (χ4v) is 1.36. The van der Waals surface area contributed by atoms with Crippen LogP contribution in [0.4, 0.5) is 0 Å². The smallest absolute Gasteiger partial charge is 0.199 e. The van der Waals surface area contributed by atoms with Crippen LogP contribution in [0.3, 0.4) is 0 Å². The van der Waals surface area contributed by atoms with Gasteiger partial charge in [-0.05, 0) is 24.4 Å². The Morgan fingerprint density at radius 1 is 1.54 bits per heavy atom. The lowest BCUT2D eigenvalue weighted by molar-refractivity contribution is 1.07. The van der Waals surface area contributed by atoms with Crippen LogP contribution >= 0.6 is 24.4 Å². The Morgan fingerprint density at radius 2 is 2.31 bits per heavy atom. The first-order valence-corrected chi connectivity index (χ1v) is 4.37. The van der Waals surface area contributed by atoms with Crippen LogP contribution in [0.15, 0.2) is 18.3 Å². The number of nitrogens with zero attached hydrogens (tertiary/aromatic N) is 2. The van der Waals surface area contributed by atoms with Gasteiger partial charge < -0.3 is 5.73 Å². The van der Waals surface area contributed by atoms with Crippen molar-refractivity contribution in [3.8, 4) is 0 Å². The minimum Gasteiger partial charge on any atom is -0.389 e. The maximum atomic E-state index is 5.48.